The van der Waals surface area contributed by atoms with Crippen molar-refractivity contribution < 1.29 is 4.79 Å². The zero-order valence-corrected chi connectivity index (χ0v) is 8.54. The maximum Gasteiger partial charge on any atom is 0.244 e. The summed E-state index contributed by atoms with van der Waals surface area (Å²) < 4.78 is 0. The highest BCUT2D eigenvalue weighted by molar-refractivity contribution is 7.80. The molecule has 1 rings (SSSR count). The second-order valence-corrected chi connectivity index (χ2v) is 3.09. The van der Waals surface area contributed by atoms with Crippen molar-refractivity contribution in [3.05, 3.63) is 30.3 Å². The lowest BCUT2D eigenvalue weighted by Gasteiger charge is -2.20. The largest absolute Gasteiger partial charge is 0.374 e. The van der Waals surface area contributed by atoms with Gasteiger partial charge in [0.15, 0.2) is 5.11 Å². The van der Waals surface area contributed by atoms with E-state index in [2.05, 4.69) is 5.43 Å². The predicted octanol–water partition coefficient (Wildman–Crippen LogP) is 1.11. The standard InChI is InChI=1S/C9H11N3OS/c1-7(13)12(9(10)14)11-8-5-3-2-4-6-8/h2-6,11H,1H3,(H2,10,14). The highest BCUT2D eigenvalue weighted by Crippen LogP contribution is 2.06. The van der Waals surface area contributed by atoms with Crippen molar-refractivity contribution in [1.82, 2.24) is 5.01 Å². The maximum absolute atomic E-state index is 11.1. The van der Waals surface area contributed by atoms with Crippen LogP contribution in [0.5, 0.6) is 0 Å². The number of rotatable bonds is 2. The van der Waals surface area contributed by atoms with Crippen molar-refractivity contribution >= 4 is 28.9 Å². The van der Waals surface area contributed by atoms with Crippen molar-refractivity contribution in [2.45, 2.75) is 6.92 Å². The first-order valence-corrected chi connectivity index (χ1v) is 4.44. The highest BCUT2D eigenvalue weighted by Gasteiger charge is 2.10. The van der Waals surface area contributed by atoms with E-state index in [1.807, 2.05) is 30.3 Å². The number of carbonyl (C=O) groups excluding carboxylic acids is 1. The van der Waals surface area contributed by atoms with Crippen LogP contribution in [0.15, 0.2) is 30.3 Å². The Kier molecular flexibility index (Phi) is 3.41. The second-order valence-electron chi connectivity index (χ2n) is 2.67. The van der Waals surface area contributed by atoms with Gasteiger partial charge in [-0.05, 0) is 24.4 Å². The Bertz CT molecular complexity index is 325. The minimum absolute atomic E-state index is 0.00125. The maximum atomic E-state index is 11.1. The summed E-state index contributed by atoms with van der Waals surface area (Å²) in [5, 5.41) is 1.12. The molecule has 14 heavy (non-hydrogen) atoms. The number of nitrogens with two attached hydrogens (primary N) is 1. The van der Waals surface area contributed by atoms with E-state index < -0.39 is 0 Å². The lowest BCUT2D eigenvalue weighted by Crippen LogP contribution is -2.43. The fourth-order valence-corrected chi connectivity index (χ4v) is 1.10. The molecular weight excluding hydrogens is 198 g/mol. The minimum Gasteiger partial charge on any atom is -0.374 e. The molecule has 1 amide bonds. The van der Waals surface area contributed by atoms with Gasteiger partial charge in [-0.2, -0.15) is 5.01 Å². The average Bonchev–Trinajstić information content (AvgIpc) is 2.15. The van der Waals surface area contributed by atoms with Crippen LogP contribution in [0.2, 0.25) is 0 Å². The van der Waals surface area contributed by atoms with E-state index in [1.54, 1.807) is 0 Å². The molecule has 0 radical (unpaired) electrons. The van der Waals surface area contributed by atoms with E-state index in [0.29, 0.717) is 0 Å². The van der Waals surface area contributed by atoms with E-state index >= 15 is 0 Å². The molecule has 1 aromatic carbocycles. The van der Waals surface area contributed by atoms with E-state index in [1.165, 1.54) is 6.92 Å². The number of carbonyl (C=O) groups is 1. The van der Waals surface area contributed by atoms with Crippen LogP contribution in [0.1, 0.15) is 6.92 Å². The summed E-state index contributed by atoms with van der Waals surface area (Å²) in [6, 6.07) is 9.20. The summed E-state index contributed by atoms with van der Waals surface area (Å²) in [6.07, 6.45) is 0. The molecule has 0 heterocycles. The van der Waals surface area contributed by atoms with Gasteiger partial charge < -0.3 is 5.73 Å². The van der Waals surface area contributed by atoms with Gasteiger partial charge in [-0.3, -0.25) is 10.2 Å². The fraction of sp³-hybridized carbons (Fsp3) is 0.111. The quantitative estimate of drug-likeness (QED) is 0.566. The van der Waals surface area contributed by atoms with Crippen molar-refractivity contribution in [2.24, 2.45) is 5.73 Å². The number of amides is 1. The zero-order valence-electron chi connectivity index (χ0n) is 7.73. The van der Waals surface area contributed by atoms with Gasteiger partial charge in [0.25, 0.3) is 0 Å². The smallest absolute Gasteiger partial charge is 0.244 e. The molecule has 0 unspecified atom stereocenters. The third-order valence-corrected chi connectivity index (χ3v) is 1.73. The van der Waals surface area contributed by atoms with Gasteiger partial charge in [0.05, 0.1) is 5.69 Å². The Hall–Kier alpha value is -1.62. The normalized spacial score (nSPS) is 9.21. The molecule has 5 heteroatoms. The highest BCUT2D eigenvalue weighted by atomic mass is 32.1. The summed E-state index contributed by atoms with van der Waals surface area (Å²) >= 11 is 4.71. The lowest BCUT2D eigenvalue weighted by atomic mass is 10.3. The molecule has 0 atom stereocenters. The van der Waals surface area contributed by atoms with Gasteiger partial charge in [-0.1, -0.05) is 18.2 Å². The molecule has 74 valence electrons. The first-order chi connectivity index (χ1) is 6.61. The first kappa shape index (κ1) is 10.5. The number of nitrogens with one attached hydrogen (secondary N) is 1. The number of hydrazine groups is 1. The van der Waals surface area contributed by atoms with Crippen LogP contribution < -0.4 is 11.2 Å². The number of thiocarbonyl (C=S) groups is 1. The number of benzene rings is 1. The average molecular weight is 209 g/mol. The Morgan fingerprint density at radius 3 is 2.43 bits per heavy atom. The van der Waals surface area contributed by atoms with Gasteiger partial charge in [0.2, 0.25) is 5.91 Å². The van der Waals surface area contributed by atoms with Crippen molar-refractivity contribution in [3.63, 3.8) is 0 Å². The Morgan fingerprint density at radius 2 is 2.00 bits per heavy atom. The van der Waals surface area contributed by atoms with E-state index in [0.717, 1.165) is 10.7 Å². The van der Waals surface area contributed by atoms with Gasteiger partial charge >= 0.3 is 0 Å². The van der Waals surface area contributed by atoms with Gasteiger partial charge in [-0.15, -0.1) is 0 Å². The Labute approximate surface area is 87.7 Å². The molecule has 0 bridgehead atoms. The third-order valence-electron chi connectivity index (χ3n) is 1.55. The number of nitrogens with zero attached hydrogens (tertiary/aromatic N) is 1. The van der Waals surface area contributed by atoms with E-state index in [9.17, 15) is 4.79 Å². The SMILES string of the molecule is CC(=O)N(Nc1ccccc1)C(N)=S. The summed E-state index contributed by atoms with van der Waals surface area (Å²) in [4.78, 5) is 11.1. The van der Waals surface area contributed by atoms with Crippen LogP contribution in [0.25, 0.3) is 0 Å². The van der Waals surface area contributed by atoms with Crippen LogP contribution in [0, 0.1) is 0 Å². The van der Waals surface area contributed by atoms with Crippen molar-refractivity contribution in [2.75, 3.05) is 5.43 Å². The molecule has 0 aliphatic heterocycles. The Balaban J connectivity index is 2.75. The molecule has 0 saturated carbocycles. The minimum atomic E-state index is -0.249. The number of anilines is 1. The summed E-state index contributed by atoms with van der Waals surface area (Å²) in [7, 11) is 0. The fourth-order valence-electron chi connectivity index (χ4n) is 0.931. The van der Waals surface area contributed by atoms with Crippen LogP contribution >= 0.6 is 12.2 Å². The molecule has 4 nitrogen and oxygen atoms in total. The summed E-state index contributed by atoms with van der Waals surface area (Å²) in [5.41, 5.74) is 8.91. The molecule has 0 saturated heterocycles. The predicted molar refractivity (Wildman–Crippen MR) is 59.4 cm³/mol. The molecular formula is C9H11N3OS. The van der Waals surface area contributed by atoms with Gasteiger partial charge in [0.1, 0.15) is 0 Å². The van der Waals surface area contributed by atoms with Gasteiger partial charge in [-0.25, -0.2) is 0 Å². The molecule has 0 aliphatic carbocycles. The molecule has 0 fully saturated rings. The van der Waals surface area contributed by atoms with Crippen molar-refractivity contribution in [3.8, 4) is 0 Å². The van der Waals surface area contributed by atoms with Crippen molar-refractivity contribution in [1.29, 1.82) is 0 Å². The molecule has 3 N–H and O–H groups in total. The zero-order chi connectivity index (χ0) is 10.6. The van der Waals surface area contributed by atoms with Gasteiger partial charge in [0, 0.05) is 6.92 Å². The third kappa shape index (κ3) is 2.70. The molecule has 1 aromatic rings. The van der Waals surface area contributed by atoms with E-state index in [4.69, 9.17) is 18.0 Å². The van der Waals surface area contributed by atoms with Crippen LogP contribution in [0.3, 0.4) is 0 Å². The monoisotopic (exact) mass is 209 g/mol. The van der Waals surface area contributed by atoms with Crippen LogP contribution in [-0.2, 0) is 4.79 Å². The van der Waals surface area contributed by atoms with Crippen LogP contribution in [0.4, 0.5) is 5.69 Å². The number of hydrogen-bond donors (Lipinski definition) is 2. The Morgan fingerprint density at radius 1 is 1.43 bits per heavy atom. The summed E-state index contributed by atoms with van der Waals surface area (Å²) in [5.74, 6) is -0.249. The van der Waals surface area contributed by atoms with E-state index in [-0.39, 0.29) is 11.0 Å². The molecule has 0 spiro atoms. The number of para-hydroxylation sites is 1. The topological polar surface area (TPSA) is 58.4 Å². The lowest BCUT2D eigenvalue weighted by molar-refractivity contribution is -0.124. The van der Waals surface area contributed by atoms with Crippen LogP contribution in [-0.4, -0.2) is 16.0 Å². The first-order valence-electron chi connectivity index (χ1n) is 4.03. The second kappa shape index (κ2) is 4.57. The molecule has 0 aliphatic rings. The summed E-state index contributed by atoms with van der Waals surface area (Å²) in [6.45, 7) is 1.38. The molecule has 0 aromatic heterocycles. The number of hydrogen-bond acceptors (Lipinski definition) is 3.